The van der Waals surface area contributed by atoms with Gasteiger partial charge in [0, 0.05) is 19.3 Å². The van der Waals surface area contributed by atoms with E-state index in [4.69, 9.17) is 14.2 Å². The van der Waals surface area contributed by atoms with Crippen LogP contribution in [0.2, 0.25) is 0 Å². The normalized spacial score (nSPS) is 12.9. The summed E-state index contributed by atoms with van der Waals surface area (Å²) in [5.74, 6) is -1.47. The van der Waals surface area contributed by atoms with Crippen LogP contribution in [0.4, 0.5) is 0 Å². The molecule has 0 aliphatic carbocycles. The van der Waals surface area contributed by atoms with Crippen LogP contribution in [0.1, 0.15) is 251 Å². The summed E-state index contributed by atoms with van der Waals surface area (Å²) in [6, 6.07) is -0.613. The third-order valence-corrected chi connectivity index (χ3v) is 11.9. The highest BCUT2D eigenvalue weighted by Crippen LogP contribution is 2.17. The van der Waals surface area contributed by atoms with Gasteiger partial charge in [-0.25, -0.2) is 4.79 Å². The van der Waals surface area contributed by atoms with Crippen LogP contribution in [0.5, 0.6) is 0 Å². The number of hydrogen-bond acceptors (Lipinski definition) is 6. The molecule has 0 bridgehead atoms. The lowest BCUT2D eigenvalue weighted by molar-refractivity contribution is -0.887. The van der Waals surface area contributed by atoms with Gasteiger partial charge in [-0.3, -0.25) is 9.59 Å². The second-order valence-corrected chi connectivity index (χ2v) is 18.8. The van der Waals surface area contributed by atoms with Crippen molar-refractivity contribution < 1.29 is 38.2 Å². The number of allylic oxidation sites excluding steroid dienone is 2. The van der Waals surface area contributed by atoms with Crippen molar-refractivity contribution in [2.45, 2.75) is 264 Å². The van der Waals surface area contributed by atoms with E-state index in [1.54, 1.807) is 0 Å². The molecular weight excluding hydrogens is 751 g/mol. The topological polar surface area (TPSA) is 99.1 Å². The quantitative estimate of drug-likeness (QED) is 0.0282. The smallest absolute Gasteiger partial charge is 0.362 e. The monoisotopic (exact) mass is 851 g/mol. The molecule has 8 nitrogen and oxygen atoms in total. The maximum atomic E-state index is 12.7. The van der Waals surface area contributed by atoms with Crippen LogP contribution < -0.4 is 0 Å². The van der Waals surface area contributed by atoms with Crippen LogP contribution >= 0.6 is 0 Å². The Labute approximate surface area is 371 Å². The van der Waals surface area contributed by atoms with Gasteiger partial charge in [0.05, 0.1) is 34.4 Å². The molecule has 0 aromatic carbocycles. The molecule has 0 aliphatic rings. The average molecular weight is 851 g/mol. The summed E-state index contributed by atoms with van der Waals surface area (Å²) in [7, 11) is 5.54. The number of ether oxygens (including phenoxy) is 3. The van der Waals surface area contributed by atoms with E-state index in [0.29, 0.717) is 19.3 Å². The zero-order valence-corrected chi connectivity index (χ0v) is 40.4. The van der Waals surface area contributed by atoms with Gasteiger partial charge in [0.1, 0.15) is 6.61 Å². The van der Waals surface area contributed by atoms with E-state index in [1.807, 2.05) is 21.1 Å². The molecule has 0 fully saturated rings. The maximum absolute atomic E-state index is 12.7. The van der Waals surface area contributed by atoms with Crippen molar-refractivity contribution in [1.82, 2.24) is 0 Å². The Kier molecular flexibility index (Phi) is 42.3. The predicted molar refractivity (Wildman–Crippen MR) is 252 cm³/mol. The van der Waals surface area contributed by atoms with E-state index in [2.05, 4.69) is 26.0 Å². The van der Waals surface area contributed by atoms with E-state index in [0.717, 1.165) is 51.4 Å². The highest BCUT2D eigenvalue weighted by Gasteiger charge is 2.31. The number of likely N-dealkylation sites (N-methyl/N-ethyl adjacent to an activating group) is 1. The van der Waals surface area contributed by atoms with E-state index in [9.17, 15) is 19.5 Å². The Hall–Kier alpha value is -1.93. The Morgan fingerprint density at radius 1 is 0.483 bits per heavy atom. The molecule has 0 heterocycles. The predicted octanol–water partition coefficient (Wildman–Crippen LogP) is 14.6. The van der Waals surface area contributed by atoms with Gasteiger partial charge in [0.25, 0.3) is 0 Å². The second kappa shape index (κ2) is 43.7. The zero-order valence-electron chi connectivity index (χ0n) is 40.4. The first kappa shape index (κ1) is 58.1. The summed E-state index contributed by atoms with van der Waals surface area (Å²) in [6.45, 7) is 4.76. The summed E-state index contributed by atoms with van der Waals surface area (Å²) < 4.78 is 17.3. The van der Waals surface area contributed by atoms with E-state index in [-0.39, 0.29) is 36.2 Å². The number of carboxylic acid groups (broad SMARTS) is 1. The number of esters is 2. The molecule has 0 spiro atoms. The van der Waals surface area contributed by atoms with E-state index in [1.165, 1.54) is 167 Å². The maximum Gasteiger partial charge on any atom is 0.362 e. The summed E-state index contributed by atoms with van der Waals surface area (Å²) in [5.41, 5.74) is 0. The van der Waals surface area contributed by atoms with Gasteiger partial charge in [-0.1, -0.05) is 206 Å². The molecule has 0 aromatic heterocycles. The fraction of sp³-hybridized carbons (Fsp3) is 0.904. The van der Waals surface area contributed by atoms with Crippen molar-refractivity contribution >= 4 is 17.9 Å². The van der Waals surface area contributed by atoms with Gasteiger partial charge in [0.2, 0.25) is 0 Å². The number of quaternary nitrogens is 1. The summed E-state index contributed by atoms with van der Waals surface area (Å²) in [6.07, 6.45) is 48.4. The molecule has 2 unspecified atom stereocenters. The SMILES string of the molecule is CCCCCCCC/C=C/CCCCCC(=O)OC(COCCC(C(=O)O)[N+](C)(C)C)COC(=O)CCCCCCCCCCCCCCCCCCCCCCCCC. The van der Waals surface area contributed by atoms with E-state index < -0.39 is 18.1 Å². The molecule has 0 saturated heterocycles. The van der Waals surface area contributed by atoms with Crippen LogP contribution in [-0.4, -0.2) is 80.6 Å². The van der Waals surface area contributed by atoms with Crippen molar-refractivity contribution in [3.05, 3.63) is 12.2 Å². The molecule has 0 amide bonds. The van der Waals surface area contributed by atoms with Gasteiger partial charge >= 0.3 is 17.9 Å². The van der Waals surface area contributed by atoms with Gasteiger partial charge in [0.15, 0.2) is 12.1 Å². The van der Waals surface area contributed by atoms with Gasteiger partial charge in [-0.2, -0.15) is 0 Å². The minimum atomic E-state index is -0.873. The first-order valence-electron chi connectivity index (χ1n) is 25.7. The Balaban J connectivity index is 4.14. The summed E-state index contributed by atoms with van der Waals surface area (Å²) >= 11 is 0. The lowest BCUT2D eigenvalue weighted by Crippen LogP contribution is -2.50. The molecule has 0 saturated carbocycles. The van der Waals surface area contributed by atoms with Crippen molar-refractivity contribution in [2.75, 3.05) is 41.0 Å². The standard InChI is InChI=1S/C52H99NO7/c1-6-8-10-12-14-16-18-20-21-22-23-24-25-26-27-28-29-31-32-34-36-38-40-42-50(54)59-47-48(46-58-45-44-49(52(56)57)53(3,4)5)60-51(55)43-41-39-37-35-33-30-19-17-15-13-11-9-7-2/h30,33,48-49H,6-29,31-32,34-47H2,1-5H3/p+1/b33-30+. The van der Waals surface area contributed by atoms with Crippen LogP contribution in [0.25, 0.3) is 0 Å². The lowest BCUT2D eigenvalue weighted by atomic mass is 10.0. The number of carbonyl (C=O) groups excluding carboxylic acids is 2. The summed E-state index contributed by atoms with van der Waals surface area (Å²) in [5, 5.41) is 9.64. The number of hydrogen-bond donors (Lipinski definition) is 1. The molecule has 0 radical (unpaired) electrons. The minimum absolute atomic E-state index is 0.0506. The molecule has 0 rings (SSSR count). The van der Waals surface area contributed by atoms with Crippen LogP contribution in [0, 0.1) is 0 Å². The molecule has 2 atom stereocenters. The van der Waals surface area contributed by atoms with Crippen LogP contribution in [0.3, 0.4) is 0 Å². The van der Waals surface area contributed by atoms with Crippen molar-refractivity contribution in [2.24, 2.45) is 0 Å². The Bertz CT molecular complexity index is 993. The van der Waals surface area contributed by atoms with E-state index >= 15 is 0 Å². The first-order valence-corrected chi connectivity index (χ1v) is 25.7. The number of aliphatic carboxylic acids is 1. The number of carboxylic acids is 1. The number of carbonyl (C=O) groups is 3. The van der Waals surface area contributed by atoms with Gasteiger partial charge in [-0.15, -0.1) is 0 Å². The lowest BCUT2D eigenvalue weighted by Gasteiger charge is -2.31. The van der Waals surface area contributed by atoms with Crippen molar-refractivity contribution in [3.8, 4) is 0 Å². The van der Waals surface area contributed by atoms with Crippen LogP contribution in [-0.2, 0) is 28.6 Å². The van der Waals surface area contributed by atoms with Crippen molar-refractivity contribution in [3.63, 3.8) is 0 Å². The number of unbranched alkanes of at least 4 members (excludes halogenated alkanes) is 31. The third-order valence-electron chi connectivity index (χ3n) is 11.9. The average Bonchev–Trinajstić information content (AvgIpc) is 3.21. The van der Waals surface area contributed by atoms with Gasteiger partial charge in [-0.05, 0) is 38.5 Å². The Morgan fingerprint density at radius 2 is 0.833 bits per heavy atom. The fourth-order valence-corrected chi connectivity index (χ4v) is 7.91. The number of rotatable bonds is 47. The zero-order chi connectivity index (χ0) is 44.2. The molecule has 0 aromatic rings. The van der Waals surface area contributed by atoms with Crippen molar-refractivity contribution in [1.29, 1.82) is 0 Å². The molecule has 0 aliphatic heterocycles. The van der Waals surface area contributed by atoms with Crippen LogP contribution in [0.15, 0.2) is 12.2 Å². The summed E-state index contributed by atoms with van der Waals surface area (Å²) in [4.78, 5) is 37.1. The Morgan fingerprint density at radius 3 is 1.22 bits per heavy atom. The minimum Gasteiger partial charge on any atom is -0.477 e. The first-order chi connectivity index (χ1) is 29.1. The molecule has 1 N–H and O–H groups in total. The largest absolute Gasteiger partial charge is 0.477 e. The number of nitrogens with zero attached hydrogens (tertiary/aromatic N) is 1. The third kappa shape index (κ3) is 41.4. The highest BCUT2D eigenvalue weighted by atomic mass is 16.6. The second-order valence-electron chi connectivity index (χ2n) is 18.8. The fourth-order valence-electron chi connectivity index (χ4n) is 7.91. The highest BCUT2D eigenvalue weighted by molar-refractivity contribution is 5.72. The van der Waals surface area contributed by atoms with Gasteiger partial charge < -0.3 is 23.8 Å². The molecule has 8 heteroatoms. The molecule has 60 heavy (non-hydrogen) atoms. The molecule has 354 valence electrons. The molecular formula is C52H100NO7+.